The molecule has 1 aliphatic rings. The second-order valence-electron chi connectivity index (χ2n) is 4.74. The van der Waals surface area contributed by atoms with Crippen molar-refractivity contribution in [3.63, 3.8) is 0 Å². The molecule has 0 saturated heterocycles. The zero-order valence-corrected chi connectivity index (χ0v) is 10.8. The van der Waals surface area contributed by atoms with Crippen LogP contribution in [0.1, 0.15) is 39.0 Å². The maximum atomic E-state index is 11.5. The molecule has 0 aromatic carbocycles. The molecule has 2 N–H and O–H groups in total. The van der Waals surface area contributed by atoms with Gasteiger partial charge in [-0.3, -0.25) is 4.79 Å². The number of ether oxygens (including phenoxy) is 1. The smallest absolute Gasteiger partial charge is 0.222 e. The monoisotopic (exact) mass is 243 g/mol. The van der Waals surface area contributed by atoms with Crippen LogP contribution in [0.5, 0.6) is 0 Å². The minimum atomic E-state index is 0.0562. The number of aliphatic hydroxyl groups excluding tert-OH is 1. The average molecular weight is 243 g/mol. The summed E-state index contributed by atoms with van der Waals surface area (Å²) in [5.41, 5.74) is 0. The number of rotatable bonds is 7. The largest absolute Gasteiger partial charge is 0.396 e. The molecule has 0 aromatic rings. The molecule has 17 heavy (non-hydrogen) atoms. The van der Waals surface area contributed by atoms with E-state index in [1.807, 2.05) is 6.92 Å². The average Bonchev–Trinajstić information content (AvgIpc) is 2.37. The number of hydrogen-bond donors (Lipinski definition) is 2. The van der Waals surface area contributed by atoms with Crippen LogP contribution in [-0.2, 0) is 9.53 Å². The molecule has 0 heterocycles. The third kappa shape index (κ3) is 5.50. The predicted molar refractivity (Wildman–Crippen MR) is 66.7 cm³/mol. The minimum Gasteiger partial charge on any atom is -0.396 e. The fourth-order valence-corrected chi connectivity index (χ4v) is 2.44. The fraction of sp³-hybridized carbons (Fsp3) is 0.923. The maximum absolute atomic E-state index is 11.5. The molecule has 2 unspecified atom stereocenters. The van der Waals surface area contributed by atoms with Gasteiger partial charge in [-0.2, -0.15) is 0 Å². The number of carbonyl (C=O) groups excluding carboxylic acids is 1. The second kappa shape index (κ2) is 8.48. The van der Waals surface area contributed by atoms with E-state index in [1.54, 1.807) is 0 Å². The Morgan fingerprint density at radius 1 is 1.35 bits per heavy atom. The number of aliphatic hydroxyl groups is 1. The van der Waals surface area contributed by atoms with Crippen molar-refractivity contribution in [3.8, 4) is 0 Å². The van der Waals surface area contributed by atoms with Crippen molar-refractivity contribution in [3.05, 3.63) is 0 Å². The van der Waals surface area contributed by atoms with E-state index in [0.717, 1.165) is 12.8 Å². The van der Waals surface area contributed by atoms with Gasteiger partial charge in [-0.15, -0.1) is 0 Å². The first-order valence-electron chi connectivity index (χ1n) is 6.73. The van der Waals surface area contributed by atoms with Crippen molar-refractivity contribution in [1.29, 1.82) is 0 Å². The molecular formula is C13H25NO3. The summed E-state index contributed by atoms with van der Waals surface area (Å²) >= 11 is 0. The van der Waals surface area contributed by atoms with Crippen molar-refractivity contribution in [1.82, 2.24) is 5.32 Å². The van der Waals surface area contributed by atoms with E-state index in [-0.39, 0.29) is 12.5 Å². The molecule has 0 spiro atoms. The van der Waals surface area contributed by atoms with E-state index < -0.39 is 0 Å². The van der Waals surface area contributed by atoms with Gasteiger partial charge in [0.2, 0.25) is 5.91 Å². The Hall–Kier alpha value is -0.610. The van der Waals surface area contributed by atoms with Gasteiger partial charge in [0.15, 0.2) is 0 Å². The summed E-state index contributed by atoms with van der Waals surface area (Å²) in [7, 11) is 0. The zero-order chi connectivity index (χ0) is 12.5. The molecule has 1 fully saturated rings. The highest BCUT2D eigenvalue weighted by molar-refractivity contribution is 5.75. The summed E-state index contributed by atoms with van der Waals surface area (Å²) in [6.45, 7) is 4.03. The summed E-state index contributed by atoms with van der Waals surface area (Å²) in [4.78, 5) is 11.5. The van der Waals surface area contributed by atoms with E-state index in [4.69, 9.17) is 4.74 Å². The minimum absolute atomic E-state index is 0.0562. The summed E-state index contributed by atoms with van der Waals surface area (Å²) in [6, 6.07) is 0. The Bertz CT molecular complexity index is 221. The highest BCUT2D eigenvalue weighted by Gasteiger charge is 2.24. The summed E-state index contributed by atoms with van der Waals surface area (Å²) < 4.78 is 5.14. The molecule has 100 valence electrons. The molecule has 0 aromatic heterocycles. The van der Waals surface area contributed by atoms with Gasteiger partial charge >= 0.3 is 0 Å². The lowest BCUT2D eigenvalue weighted by Gasteiger charge is -2.30. The number of hydrogen-bond acceptors (Lipinski definition) is 3. The fourth-order valence-electron chi connectivity index (χ4n) is 2.44. The van der Waals surface area contributed by atoms with Crippen molar-refractivity contribution >= 4 is 5.91 Å². The topological polar surface area (TPSA) is 58.6 Å². The second-order valence-corrected chi connectivity index (χ2v) is 4.74. The van der Waals surface area contributed by atoms with Crippen molar-refractivity contribution in [2.24, 2.45) is 11.8 Å². The normalized spacial score (nSPS) is 24.6. The lowest BCUT2D eigenvalue weighted by atomic mass is 9.79. The van der Waals surface area contributed by atoms with Crippen LogP contribution in [0.4, 0.5) is 0 Å². The van der Waals surface area contributed by atoms with Gasteiger partial charge in [-0.1, -0.05) is 12.8 Å². The van der Waals surface area contributed by atoms with Crippen molar-refractivity contribution in [2.75, 3.05) is 26.4 Å². The first-order valence-corrected chi connectivity index (χ1v) is 6.73. The highest BCUT2D eigenvalue weighted by atomic mass is 16.5. The van der Waals surface area contributed by atoms with E-state index >= 15 is 0 Å². The summed E-state index contributed by atoms with van der Waals surface area (Å²) in [5.74, 6) is 0.876. The molecule has 4 heteroatoms. The Balaban J connectivity index is 2.17. The molecule has 1 amide bonds. The SMILES string of the molecule is CCOCCC(=O)NCC1CCCCC1CO. The van der Waals surface area contributed by atoms with Gasteiger partial charge < -0.3 is 15.2 Å². The Kier molecular flexibility index (Phi) is 7.21. The van der Waals surface area contributed by atoms with E-state index in [1.165, 1.54) is 12.8 Å². The number of carbonyl (C=O) groups is 1. The maximum Gasteiger partial charge on any atom is 0.222 e. The van der Waals surface area contributed by atoms with Crippen LogP contribution in [0.25, 0.3) is 0 Å². The Morgan fingerprint density at radius 2 is 2.06 bits per heavy atom. The van der Waals surface area contributed by atoms with Crippen LogP contribution in [0.15, 0.2) is 0 Å². The summed E-state index contributed by atoms with van der Waals surface area (Å²) in [5, 5.41) is 12.2. The van der Waals surface area contributed by atoms with Gasteiger partial charge in [0.05, 0.1) is 6.61 Å². The Morgan fingerprint density at radius 3 is 2.71 bits per heavy atom. The molecule has 1 rings (SSSR count). The van der Waals surface area contributed by atoms with Crippen LogP contribution < -0.4 is 5.32 Å². The third-order valence-corrected chi connectivity index (χ3v) is 3.54. The van der Waals surface area contributed by atoms with E-state index in [0.29, 0.717) is 38.0 Å². The van der Waals surface area contributed by atoms with Crippen LogP contribution in [0, 0.1) is 11.8 Å². The van der Waals surface area contributed by atoms with Crippen LogP contribution in [0.2, 0.25) is 0 Å². The predicted octanol–water partition coefficient (Wildman–Crippen LogP) is 1.33. The lowest BCUT2D eigenvalue weighted by Crippen LogP contribution is -2.35. The van der Waals surface area contributed by atoms with E-state index in [9.17, 15) is 9.90 Å². The van der Waals surface area contributed by atoms with Crippen molar-refractivity contribution < 1.29 is 14.6 Å². The highest BCUT2D eigenvalue weighted by Crippen LogP contribution is 2.28. The first-order chi connectivity index (χ1) is 8.27. The number of amides is 1. The molecule has 0 bridgehead atoms. The van der Waals surface area contributed by atoms with Gasteiger partial charge in [-0.25, -0.2) is 0 Å². The van der Waals surface area contributed by atoms with E-state index in [2.05, 4.69) is 5.32 Å². The standard InChI is InChI=1S/C13H25NO3/c1-2-17-8-7-13(16)14-9-11-5-3-4-6-12(11)10-15/h11-12,15H,2-10H2,1H3,(H,14,16). The lowest BCUT2D eigenvalue weighted by molar-refractivity contribution is -0.122. The molecule has 4 nitrogen and oxygen atoms in total. The van der Waals surface area contributed by atoms with Gasteiger partial charge in [0.1, 0.15) is 0 Å². The first kappa shape index (κ1) is 14.5. The molecule has 1 aliphatic carbocycles. The van der Waals surface area contributed by atoms with Gasteiger partial charge in [0, 0.05) is 26.2 Å². The summed E-state index contributed by atoms with van der Waals surface area (Å²) in [6.07, 6.45) is 5.08. The van der Waals surface area contributed by atoms with Crippen LogP contribution >= 0.6 is 0 Å². The van der Waals surface area contributed by atoms with Crippen LogP contribution in [0.3, 0.4) is 0 Å². The Labute approximate surface area is 104 Å². The van der Waals surface area contributed by atoms with Gasteiger partial charge in [-0.05, 0) is 31.6 Å². The molecule has 0 radical (unpaired) electrons. The van der Waals surface area contributed by atoms with Gasteiger partial charge in [0.25, 0.3) is 0 Å². The molecule has 0 aliphatic heterocycles. The van der Waals surface area contributed by atoms with Crippen LogP contribution in [-0.4, -0.2) is 37.4 Å². The molecule has 2 atom stereocenters. The number of nitrogens with one attached hydrogen (secondary N) is 1. The third-order valence-electron chi connectivity index (χ3n) is 3.54. The quantitative estimate of drug-likeness (QED) is 0.663. The van der Waals surface area contributed by atoms with Crippen molar-refractivity contribution in [2.45, 2.75) is 39.0 Å². The zero-order valence-electron chi connectivity index (χ0n) is 10.8. The molecular weight excluding hydrogens is 218 g/mol. The molecule has 1 saturated carbocycles.